The molecule has 1 N–H and O–H groups in total. The van der Waals surface area contributed by atoms with Gasteiger partial charge in [0.25, 0.3) is 5.69 Å². The number of hydrogen-bond donors (Lipinski definition) is 1. The Morgan fingerprint density at radius 3 is 1.95 bits per heavy atom. The SMILES string of the molecule is CC(COCC(F)(F)C(F)(F)C(F)(F)C(F)(F)C(F)(F)C(F)F)=NNc1ccc([N+](=O)[O-])cc1[N+](=O)[O-]. The molecule has 0 heterocycles. The highest BCUT2D eigenvalue weighted by Crippen LogP contribution is 2.58. The highest BCUT2D eigenvalue weighted by atomic mass is 19.4. The van der Waals surface area contributed by atoms with Gasteiger partial charge in [0.1, 0.15) is 12.3 Å². The van der Waals surface area contributed by atoms with E-state index in [4.69, 9.17) is 0 Å². The third kappa shape index (κ3) is 5.96. The summed E-state index contributed by atoms with van der Waals surface area (Å²) in [7, 11) is 0. The lowest BCUT2D eigenvalue weighted by atomic mass is 9.94. The molecule has 1 rings (SSSR count). The molecule has 0 unspecified atom stereocenters. The maximum absolute atomic E-state index is 13.7. The van der Waals surface area contributed by atoms with Gasteiger partial charge in [0.2, 0.25) is 0 Å². The topological polar surface area (TPSA) is 120 Å². The van der Waals surface area contributed by atoms with Crippen molar-refractivity contribution in [2.45, 2.75) is 43.0 Å². The summed E-state index contributed by atoms with van der Waals surface area (Å²) in [5.74, 6) is -36.1. The monoisotopic (exact) mass is 568 g/mol. The molecule has 1 aromatic carbocycles. The van der Waals surface area contributed by atoms with E-state index in [0.717, 1.165) is 19.1 Å². The van der Waals surface area contributed by atoms with Crippen molar-refractivity contribution in [2.75, 3.05) is 18.6 Å². The van der Waals surface area contributed by atoms with E-state index in [1.807, 2.05) is 5.43 Å². The quantitative estimate of drug-likeness (QED) is 0.140. The summed E-state index contributed by atoms with van der Waals surface area (Å²) in [5.41, 5.74) is -0.707. The van der Waals surface area contributed by atoms with Crippen molar-refractivity contribution in [2.24, 2.45) is 5.10 Å². The van der Waals surface area contributed by atoms with Gasteiger partial charge in [-0.3, -0.25) is 25.7 Å². The zero-order valence-electron chi connectivity index (χ0n) is 17.6. The van der Waals surface area contributed by atoms with Crippen LogP contribution < -0.4 is 5.43 Å². The minimum Gasteiger partial charge on any atom is -0.369 e. The van der Waals surface area contributed by atoms with Gasteiger partial charge in [0, 0.05) is 6.07 Å². The van der Waals surface area contributed by atoms with Crippen LogP contribution in [0.15, 0.2) is 23.3 Å². The van der Waals surface area contributed by atoms with Gasteiger partial charge < -0.3 is 4.74 Å². The average molecular weight is 568 g/mol. The number of nitro benzene ring substituents is 2. The number of anilines is 1. The second-order valence-electron chi connectivity index (χ2n) is 7.02. The van der Waals surface area contributed by atoms with Crippen molar-refractivity contribution >= 4 is 22.8 Å². The molecule has 9 nitrogen and oxygen atoms in total. The third-order valence-electron chi connectivity index (χ3n) is 4.29. The Bertz CT molecular complexity index is 1050. The van der Waals surface area contributed by atoms with Crippen molar-refractivity contribution < 1.29 is 67.3 Å². The summed E-state index contributed by atoms with van der Waals surface area (Å²) in [4.78, 5) is 19.6. The number of nitrogens with one attached hydrogen (secondary N) is 1. The number of alkyl halides is 12. The Balaban J connectivity index is 3.00. The fourth-order valence-electron chi connectivity index (χ4n) is 2.26. The number of nitrogens with zero attached hydrogens (tertiary/aromatic N) is 3. The van der Waals surface area contributed by atoms with Gasteiger partial charge >= 0.3 is 41.7 Å². The van der Waals surface area contributed by atoms with Crippen LogP contribution in [0.5, 0.6) is 0 Å². The molecule has 0 spiro atoms. The molecule has 37 heavy (non-hydrogen) atoms. The highest BCUT2D eigenvalue weighted by molar-refractivity contribution is 5.84. The van der Waals surface area contributed by atoms with Crippen LogP contribution in [0.25, 0.3) is 0 Å². The highest BCUT2D eigenvalue weighted by Gasteiger charge is 2.87. The molecular formula is C16H12F12N4O5. The fraction of sp³-hybridized carbons (Fsp3) is 0.562. The molecule has 0 atom stereocenters. The second-order valence-corrected chi connectivity index (χ2v) is 7.02. The van der Waals surface area contributed by atoms with Crippen molar-refractivity contribution in [3.8, 4) is 0 Å². The largest absolute Gasteiger partial charge is 0.384 e. The molecule has 0 saturated carbocycles. The van der Waals surface area contributed by atoms with Gasteiger partial charge in [-0.2, -0.15) is 49.0 Å². The minimum absolute atomic E-state index is 0.500. The summed E-state index contributed by atoms with van der Waals surface area (Å²) < 4.78 is 161. The number of benzene rings is 1. The van der Waals surface area contributed by atoms with E-state index in [1.165, 1.54) is 0 Å². The van der Waals surface area contributed by atoms with Crippen LogP contribution >= 0.6 is 0 Å². The lowest BCUT2D eigenvalue weighted by Crippen LogP contribution is -2.69. The van der Waals surface area contributed by atoms with Gasteiger partial charge in [-0.25, -0.2) is 8.78 Å². The molecule has 1 aromatic rings. The summed E-state index contributed by atoms with van der Waals surface area (Å²) in [6.07, 6.45) is -5.62. The Hall–Kier alpha value is -3.39. The summed E-state index contributed by atoms with van der Waals surface area (Å²) in [6, 6.07) is 2.08. The van der Waals surface area contributed by atoms with E-state index >= 15 is 0 Å². The molecular weight excluding hydrogens is 556 g/mol. The molecule has 21 heteroatoms. The first-order chi connectivity index (χ1) is 16.5. The lowest BCUT2D eigenvalue weighted by Gasteiger charge is -2.39. The molecule has 0 saturated heterocycles. The molecule has 0 radical (unpaired) electrons. The first-order valence-electron chi connectivity index (χ1n) is 9.01. The van der Waals surface area contributed by atoms with Crippen molar-refractivity contribution in [3.63, 3.8) is 0 Å². The Morgan fingerprint density at radius 1 is 0.946 bits per heavy atom. The van der Waals surface area contributed by atoms with Crippen LogP contribution in [-0.4, -0.2) is 64.8 Å². The maximum Gasteiger partial charge on any atom is 0.384 e. The molecule has 210 valence electrons. The van der Waals surface area contributed by atoms with Crippen molar-refractivity contribution in [1.29, 1.82) is 0 Å². The predicted octanol–water partition coefficient (Wildman–Crippen LogP) is 5.75. The molecule has 0 aromatic heterocycles. The number of halogens is 12. The van der Waals surface area contributed by atoms with Gasteiger partial charge in [-0.15, -0.1) is 0 Å². The molecule has 0 aliphatic rings. The number of hydrogen-bond acceptors (Lipinski definition) is 7. The normalized spacial score (nSPS) is 14.2. The zero-order valence-corrected chi connectivity index (χ0v) is 17.6. The smallest absolute Gasteiger partial charge is 0.369 e. The Morgan fingerprint density at radius 2 is 1.49 bits per heavy atom. The number of rotatable bonds is 13. The summed E-state index contributed by atoms with van der Waals surface area (Å²) in [5, 5.41) is 25.0. The van der Waals surface area contributed by atoms with E-state index < -0.39 is 81.9 Å². The van der Waals surface area contributed by atoms with Crippen molar-refractivity contribution in [1.82, 2.24) is 0 Å². The van der Waals surface area contributed by atoms with E-state index in [2.05, 4.69) is 9.84 Å². The Kier molecular flexibility index (Phi) is 9.01. The van der Waals surface area contributed by atoms with Gasteiger partial charge in [0.15, 0.2) is 0 Å². The summed E-state index contributed by atoms with van der Waals surface area (Å²) >= 11 is 0. The van der Waals surface area contributed by atoms with Gasteiger partial charge in [0.05, 0.1) is 28.2 Å². The van der Waals surface area contributed by atoms with Gasteiger partial charge in [-0.05, 0) is 13.0 Å². The maximum atomic E-state index is 13.7. The first kappa shape index (κ1) is 31.6. The van der Waals surface area contributed by atoms with Crippen LogP contribution in [-0.2, 0) is 4.74 Å². The molecule has 0 bridgehead atoms. The zero-order chi connectivity index (χ0) is 29.2. The molecule has 0 aliphatic heterocycles. The fourth-order valence-corrected chi connectivity index (χ4v) is 2.26. The van der Waals surface area contributed by atoms with Crippen LogP contribution in [0.2, 0.25) is 0 Å². The second kappa shape index (κ2) is 10.5. The van der Waals surface area contributed by atoms with Crippen LogP contribution in [0.3, 0.4) is 0 Å². The number of non-ortho nitro benzene ring substituents is 1. The number of ether oxygens (including phenoxy) is 1. The third-order valence-corrected chi connectivity index (χ3v) is 4.29. The molecule has 0 amide bonds. The summed E-state index contributed by atoms with van der Waals surface area (Å²) in [6.45, 7) is -3.21. The van der Waals surface area contributed by atoms with Crippen LogP contribution in [0.4, 0.5) is 69.7 Å². The van der Waals surface area contributed by atoms with Crippen LogP contribution in [0, 0.1) is 20.2 Å². The van der Waals surface area contributed by atoms with E-state index in [0.29, 0.717) is 6.07 Å². The number of hydrazone groups is 1. The van der Waals surface area contributed by atoms with Crippen LogP contribution in [0.1, 0.15) is 6.92 Å². The Labute approximate surface area is 196 Å². The predicted molar refractivity (Wildman–Crippen MR) is 98.0 cm³/mol. The number of nitro groups is 2. The van der Waals surface area contributed by atoms with E-state index in [-0.39, 0.29) is 0 Å². The molecule has 0 fully saturated rings. The van der Waals surface area contributed by atoms with E-state index in [1.54, 1.807) is 0 Å². The standard InChI is InChI=1S/C16H12F12N4O5/c1-7(29-30-9-3-2-8(31(33)34)4-10(9)32(35)36)5-37-6-12(19,20)14(23,24)16(27,28)15(25,26)13(21,22)11(17)18/h2-4,11,30H,5-6H2,1H3. The average Bonchev–Trinajstić information content (AvgIpc) is 2.76. The van der Waals surface area contributed by atoms with E-state index in [9.17, 15) is 72.9 Å². The minimum atomic E-state index is -7.69. The lowest BCUT2D eigenvalue weighted by molar-refractivity contribution is -0.415. The van der Waals surface area contributed by atoms with Crippen molar-refractivity contribution in [3.05, 3.63) is 38.4 Å². The van der Waals surface area contributed by atoms with Gasteiger partial charge in [-0.1, -0.05) is 0 Å². The first-order valence-corrected chi connectivity index (χ1v) is 9.01. The molecule has 0 aliphatic carbocycles.